The third-order valence-corrected chi connectivity index (χ3v) is 4.14. The summed E-state index contributed by atoms with van der Waals surface area (Å²) in [7, 11) is 1.82. The molecule has 0 aliphatic heterocycles. The smallest absolute Gasteiger partial charge is 0.190 e. The fourth-order valence-corrected chi connectivity index (χ4v) is 2.55. The van der Waals surface area contributed by atoms with Gasteiger partial charge in [-0.05, 0) is 56.7 Å². The number of aliphatic imine (C=N–C) groups is 1. The first-order valence-corrected chi connectivity index (χ1v) is 9.78. The van der Waals surface area contributed by atoms with E-state index in [1.54, 1.807) is 0 Å². The number of unbranched alkanes of at least 4 members (excludes halogenated alkanes) is 2. The molecule has 5 heteroatoms. The van der Waals surface area contributed by atoms with Gasteiger partial charge in [0, 0.05) is 20.1 Å². The van der Waals surface area contributed by atoms with Gasteiger partial charge in [-0.1, -0.05) is 17.7 Å². The number of nitrogens with one attached hydrogen (secondary N) is 2. The van der Waals surface area contributed by atoms with Gasteiger partial charge in [-0.15, -0.1) is 0 Å². The standard InChI is InChI=1S/C18H31N3OS/c1-16-8-10-17(11-9-16)22-14-6-4-12-20-18(19-2)21-13-5-7-15-23-3/h8-11H,4-7,12-15H2,1-3H3,(H2,19,20,21). The molecule has 0 saturated heterocycles. The lowest BCUT2D eigenvalue weighted by Gasteiger charge is -2.12. The Kier molecular flexibility index (Phi) is 11.2. The summed E-state index contributed by atoms with van der Waals surface area (Å²) in [4.78, 5) is 4.24. The van der Waals surface area contributed by atoms with Crippen LogP contribution in [0.5, 0.6) is 5.75 Å². The highest BCUT2D eigenvalue weighted by Gasteiger charge is 1.97. The summed E-state index contributed by atoms with van der Waals surface area (Å²) in [6, 6.07) is 8.20. The van der Waals surface area contributed by atoms with Crippen LogP contribution in [0.1, 0.15) is 31.2 Å². The van der Waals surface area contributed by atoms with Crippen molar-refractivity contribution >= 4 is 17.7 Å². The summed E-state index contributed by atoms with van der Waals surface area (Å²) in [6.07, 6.45) is 6.69. The third-order valence-electron chi connectivity index (χ3n) is 3.44. The fourth-order valence-electron chi connectivity index (χ4n) is 2.06. The first-order chi connectivity index (χ1) is 11.3. The molecule has 0 unspecified atom stereocenters. The average molecular weight is 338 g/mol. The second kappa shape index (κ2) is 13.1. The van der Waals surface area contributed by atoms with E-state index in [2.05, 4.69) is 40.9 Å². The van der Waals surface area contributed by atoms with Gasteiger partial charge in [0.15, 0.2) is 5.96 Å². The highest BCUT2D eigenvalue weighted by Crippen LogP contribution is 2.11. The Morgan fingerprint density at radius 2 is 1.70 bits per heavy atom. The number of hydrogen-bond acceptors (Lipinski definition) is 3. The lowest BCUT2D eigenvalue weighted by molar-refractivity contribution is 0.307. The predicted octanol–water partition coefficient (Wildman–Crippen LogP) is 3.46. The van der Waals surface area contributed by atoms with Gasteiger partial charge in [0.25, 0.3) is 0 Å². The van der Waals surface area contributed by atoms with E-state index in [0.717, 1.165) is 44.2 Å². The molecule has 0 fully saturated rings. The fraction of sp³-hybridized carbons (Fsp3) is 0.611. The highest BCUT2D eigenvalue weighted by molar-refractivity contribution is 7.98. The van der Waals surface area contributed by atoms with Gasteiger partial charge in [-0.25, -0.2) is 0 Å². The molecule has 0 atom stereocenters. The zero-order valence-corrected chi connectivity index (χ0v) is 15.5. The van der Waals surface area contributed by atoms with Gasteiger partial charge in [0.1, 0.15) is 5.75 Å². The van der Waals surface area contributed by atoms with E-state index in [-0.39, 0.29) is 0 Å². The van der Waals surface area contributed by atoms with Crippen LogP contribution in [0.2, 0.25) is 0 Å². The molecule has 0 radical (unpaired) electrons. The molecular formula is C18H31N3OS. The molecule has 23 heavy (non-hydrogen) atoms. The normalized spacial score (nSPS) is 11.3. The largest absolute Gasteiger partial charge is 0.494 e. The van der Waals surface area contributed by atoms with Crippen LogP contribution in [0.3, 0.4) is 0 Å². The number of ether oxygens (including phenoxy) is 1. The Hall–Kier alpha value is -1.36. The van der Waals surface area contributed by atoms with E-state index in [1.165, 1.54) is 24.2 Å². The van der Waals surface area contributed by atoms with Crippen molar-refractivity contribution in [1.82, 2.24) is 10.6 Å². The molecule has 130 valence electrons. The molecule has 1 aromatic carbocycles. The average Bonchev–Trinajstić information content (AvgIpc) is 2.57. The number of nitrogens with zero attached hydrogens (tertiary/aromatic N) is 1. The summed E-state index contributed by atoms with van der Waals surface area (Å²) >= 11 is 1.90. The zero-order valence-electron chi connectivity index (χ0n) is 14.7. The van der Waals surface area contributed by atoms with E-state index in [0.29, 0.717) is 0 Å². The first kappa shape index (κ1) is 19.7. The molecule has 0 heterocycles. The summed E-state index contributed by atoms with van der Waals surface area (Å²) in [5.74, 6) is 3.08. The summed E-state index contributed by atoms with van der Waals surface area (Å²) in [5, 5.41) is 6.69. The molecule has 2 N–H and O–H groups in total. The Labute approximate surface area is 145 Å². The van der Waals surface area contributed by atoms with Crippen LogP contribution in [0.15, 0.2) is 29.3 Å². The summed E-state index contributed by atoms with van der Waals surface area (Å²) < 4.78 is 5.72. The molecule has 0 amide bonds. The van der Waals surface area contributed by atoms with Crippen LogP contribution in [0.4, 0.5) is 0 Å². The van der Waals surface area contributed by atoms with Crippen LogP contribution in [-0.2, 0) is 0 Å². The first-order valence-electron chi connectivity index (χ1n) is 8.39. The number of guanidine groups is 1. The number of hydrogen-bond donors (Lipinski definition) is 2. The number of aryl methyl sites for hydroxylation is 1. The predicted molar refractivity (Wildman–Crippen MR) is 103 cm³/mol. The third kappa shape index (κ3) is 10.1. The van der Waals surface area contributed by atoms with Gasteiger partial charge >= 0.3 is 0 Å². The Balaban J connectivity index is 2.01. The molecular weight excluding hydrogens is 306 g/mol. The Morgan fingerprint density at radius 1 is 1.04 bits per heavy atom. The van der Waals surface area contributed by atoms with Crippen molar-refractivity contribution in [2.75, 3.05) is 38.8 Å². The maximum Gasteiger partial charge on any atom is 0.190 e. The minimum Gasteiger partial charge on any atom is -0.494 e. The second-order valence-corrected chi connectivity index (χ2v) is 6.48. The molecule has 1 rings (SSSR count). The number of rotatable bonds is 11. The SMILES string of the molecule is CN=C(NCCCCOc1ccc(C)cc1)NCCCCSC. The molecule has 0 saturated carbocycles. The summed E-state index contributed by atoms with van der Waals surface area (Å²) in [6.45, 7) is 4.74. The van der Waals surface area contributed by atoms with Gasteiger partial charge in [-0.2, -0.15) is 11.8 Å². The lowest BCUT2D eigenvalue weighted by atomic mass is 10.2. The topological polar surface area (TPSA) is 45.7 Å². The number of benzene rings is 1. The van der Waals surface area contributed by atoms with E-state index in [9.17, 15) is 0 Å². The van der Waals surface area contributed by atoms with Gasteiger partial charge in [-0.3, -0.25) is 4.99 Å². The second-order valence-electron chi connectivity index (χ2n) is 5.49. The van der Waals surface area contributed by atoms with Crippen LogP contribution < -0.4 is 15.4 Å². The minimum absolute atomic E-state index is 0.755. The van der Waals surface area contributed by atoms with Crippen molar-refractivity contribution in [3.8, 4) is 5.75 Å². The molecule has 0 aliphatic rings. The molecule has 0 bridgehead atoms. The van der Waals surface area contributed by atoms with Gasteiger partial charge in [0.2, 0.25) is 0 Å². The molecule has 1 aromatic rings. The maximum absolute atomic E-state index is 5.72. The maximum atomic E-state index is 5.72. The van der Waals surface area contributed by atoms with E-state index in [4.69, 9.17) is 4.74 Å². The van der Waals surface area contributed by atoms with Crippen LogP contribution in [-0.4, -0.2) is 44.7 Å². The van der Waals surface area contributed by atoms with Gasteiger partial charge < -0.3 is 15.4 Å². The van der Waals surface area contributed by atoms with Crippen LogP contribution in [0, 0.1) is 6.92 Å². The number of thioether (sulfide) groups is 1. The van der Waals surface area contributed by atoms with Crippen LogP contribution in [0.25, 0.3) is 0 Å². The van der Waals surface area contributed by atoms with Crippen molar-refractivity contribution in [2.24, 2.45) is 4.99 Å². The van der Waals surface area contributed by atoms with Crippen molar-refractivity contribution in [3.05, 3.63) is 29.8 Å². The van der Waals surface area contributed by atoms with E-state index >= 15 is 0 Å². The van der Waals surface area contributed by atoms with Crippen LogP contribution >= 0.6 is 11.8 Å². The van der Waals surface area contributed by atoms with Crippen molar-refractivity contribution in [2.45, 2.75) is 32.6 Å². The minimum atomic E-state index is 0.755. The zero-order chi connectivity index (χ0) is 16.8. The summed E-state index contributed by atoms with van der Waals surface area (Å²) in [5.41, 5.74) is 1.26. The van der Waals surface area contributed by atoms with E-state index in [1.807, 2.05) is 30.9 Å². The Bertz CT molecular complexity index is 434. The quantitative estimate of drug-likeness (QED) is 0.369. The monoisotopic (exact) mass is 337 g/mol. The molecule has 0 aromatic heterocycles. The molecule has 0 spiro atoms. The van der Waals surface area contributed by atoms with Crippen molar-refractivity contribution in [3.63, 3.8) is 0 Å². The highest BCUT2D eigenvalue weighted by atomic mass is 32.2. The van der Waals surface area contributed by atoms with Crippen molar-refractivity contribution in [1.29, 1.82) is 0 Å². The van der Waals surface area contributed by atoms with Crippen molar-refractivity contribution < 1.29 is 4.74 Å². The molecule has 4 nitrogen and oxygen atoms in total. The Morgan fingerprint density at radius 3 is 2.30 bits per heavy atom. The van der Waals surface area contributed by atoms with E-state index < -0.39 is 0 Å². The van der Waals surface area contributed by atoms with Gasteiger partial charge in [0.05, 0.1) is 6.61 Å². The molecule has 0 aliphatic carbocycles. The lowest BCUT2D eigenvalue weighted by Crippen LogP contribution is -2.38.